The van der Waals surface area contributed by atoms with Crippen molar-refractivity contribution in [2.75, 3.05) is 6.54 Å². The molecule has 0 spiro atoms. The zero-order valence-electron chi connectivity index (χ0n) is 10.1. The second-order valence-corrected chi connectivity index (χ2v) is 5.72. The van der Waals surface area contributed by atoms with Crippen molar-refractivity contribution in [2.45, 2.75) is 33.7 Å². The molecule has 0 saturated heterocycles. The second-order valence-electron chi connectivity index (χ2n) is 4.87. The SMILES string of the molecule is CCC(C)(C)CNCc1ccc(Br)c(F)c1. The Bertz CT molecular complexity index is 350. The van der Waals surface area contributed by atoms with Crippen LogP contribution in [0.5, 0.6) is 0 Å². The smallest absolute Gasteiger partial charge is 0.137 e. The molecule has 1 nitrogen and oxygen atoms in total. The summed E-state index contributed by atoms with van der Waals surface area (Å²) in [4.78, 5) is 0. The first-order valence-corrected chi connectivity index (χ1v) is 6.38. The zero-order chi connectivity index (χ0) is 12.2. The standard InChI is InChI=1S/C13H19BrFN/c1-4-13(2,3)9-16-8-10-5-6-11(14)12(15)7-10/h5-7,16H,4,8-9H2,1-3H3. The Labute approximate surface area is 106 Å². The van der Waals surface area contributed by atoms with Gasteiger partial charge in [-0.3, -0.25) is 0 Å². The molecule has 0 saturated carbocycles. The third kappa shape index (κ3) is 4.22. The van der Waals surface area contributed by atoms with Crippen LogP contribution in [-0.4, -0.2) is 6.54 Å². The Morgan fingerprint density at radius 3 is 2.62 bits per heavy atom. The maximum absolute atomic E-state index is 13.2. The predicted molar refractivity (Wildman–Crippen MR) is 69.9 cm³/mol. The van der Waals surface area contributed by atoms with Crippen LogP contribution in [0.4, 0.5) is 4.39 Å². The van der Waals surface area contributed by atoms with Crippen molar-refractivity contribution in [3.8, 4) is 0 Å². The fraction of sp³-hybridized carbons (Fsp3) is 0.538. The van der Waals surface area contributed by atoms with Gasteiger partial charge in [-0.25, -0.2) is 4.39 Å². The molecule has 0 heterocycles. The van der Waals surface area contributed by atoms with Gasteiger partial charge in [-0.05, 0) is 45.5 Å². The van der Waals surface area contributed by atoms with Crippen LogP contribution >= 0.6 is 15.9 Å². The normalized spacial score (nSPS) is 11.8. The van der Waals surface area contributed by atoms with Crippen LogP contribution in [0.2, 0.25) is 0 Å². The number of halogens is 2. The summed E-state index contributed by atoms with van der Waals surface area (Å²) >= 11 is 3.15. The Kier molecular flexibility index (Phi) is 4.93. The average molecular weight is 288 g/mol. The van der Waals surface area contributed by atoms with E-state index in [9.17, 15) is 4.39 Å². The van der Waals surface area contributed by atoms with Gasteiger partial charge < -0.3 is 5.32 Å². The average Bonchev–Trinajstić information content (AvgIpc) is 2.23. The van der Waals surface area contributed by atoms with Gasteiger partial charge >= 0.3 is 0 Å². The molecule has 0 unspecified atom stereocenters. The highest BCUT2D eigenvalue weighted by molar-refractivity contribution is 9.10. The quantitative estimate of drug-likeness (QED) is 0.859. The number of hydrogen-bond donors (Lipinski definition) is 1. The predicted octanol–water partition coefficient (Wildman–Crippen LogP) is 4.11. The highest BCUT2D eigenvalue weighted by Crippen LogP contribution is 2.19. The lowest BCUT2D eigenvalue weighted by atomic mass is 9.90. The maximum atomic E-state index is 13.2. The van der Waals surface area contributed by atoms with E-state index in [2.05, 4.69) is 42.0 Å². The molecule has 1 N–H and O–H groups in total. The first kappa shape index (κ1) is 13.7. The fourth-order valence-electron chi connectivity index (χ4n) is 1.32. The molecule has 1 aromatic rings. The van der Waals surface area contributed by atoms with E-state index in [-0.39, 0.29) is 5.82 Å². The summed E-state index contributed by atoms with van der Waals surface area (Å²) < 4.78 is 13.8. The molecule has 16 heavy (non-hydrogen) atoms. The molecular formula is C13H19BrFN. The van der Waals surface area contributed by atoms with Crippen molar-refractivity contribution in [3.63, 3.8) is 0 Å². The molecule has 3 heteroatoms. The fourth-order valence-corrected chi connectivity index (χ4v) is 1.57. The summed E-state index contributed by atoms with van der Waals surface area (Å²) in [5.41, 5.74) is 1.28. The molecule has 0 fully saturated rings. The van der Waals surface area contributed by atoms with Gasteiger partial charge in [0.05, 0.1) is 4.47 Å². The summed E-state index contributed by atoms with van der Waals surface area (Å²) in [6.07, 6.45) is 1.13. The Balaban J connectivity index is 2.46. The summed E-state index contributed by atoms with van der Waals surface area (Å²) in [7, 11) is 0. The molecule has 0 radical (unpaired) electrons. The van der Waals surface area contributed by atoms with E-state index in [1.54, 1.807) is 12.1 Å². The van der Waals surface area contributed by atoms with Crippen molar-refractivity contribution >= 4 is 15.9 Å². The lowest BCUT2D eigenvalue weighted by Gasteiger charge is -2.23. The van der Waals surface area contributed by atoms with E-state index in [0.717, 1.165) is 18.5 Å². The minimum Gasteiger partial charge on any atom is -0.312 e. The summed E-state index contributed by atoms with van der Waals surface area (Å²) in [5, 5.41) is 3.36. The van der Waals surface area contributed by atoms with E-state index in [1.807, 2.05) is 6.07 Å². The van der Waals surface area contributed by atoms with E-state index in [1.165, 1.54) is 0 Å². The van der Waals surface area contributed by atoms with Crippen LogP contribution < -0.4 is 5.32 Å². The highest BCUT2D eigenvalue weighted by atomic mass is 79.9. The maximum Gasteiger partial charge on any atom is 0.137 e. The third-order valence-electron chi connectivity index (χ3n) is 2.87. The number of benzene rings is 1. The van der Waals surface area contributed by atoms with Gasteiger partial charge in [0.1, 0.15) is 5.82 Å². The number of rotatable bonds is 5. The summed E-state index contributed by atoms with van der Waals surface area (Å²) in [6.45, 7) is 8.29. The molecule has 0 atom stereocenters. The number of hydrogen-bond acceptors (Lipinski definition) is 1. The van der Waals surface area contributed by atoms with Crippen molar-refractivity contribution in [3.05, 3.63) is 34.1 Å². The lowest BCUT2D eigenvalue weighted by Crippen LogP contribution is -2.28. The van der Waals surface area contributed by atoms with Gasteiger partial charge in [0.15, 0.2) is 0 Å². The molecule has 0 aromatic heterocycles. The van der Waals surface area contributed by atoms with Crippen molar-refractivity contribution in [2.24, 2.45) is 5.41 Å². The molecule has 1 rings (SSSR count). The molecule has 0 bridgehead atoms. The molecule has 1 aromatic carbocycles. The first-order valence-electron chi connectivity index (χ1n) is 5.59. The van der Waals surface area contributed by atoms with Crippen LogP contribution in [0, 0.1) is 11.2 Å². The van der Waals surface area contributed by atoms with Gasteiger partial charge in [-0.2, -0.15) is 0 Å². The van der Waals surface area contributed by atoms with Crippen molar-refractivity contribution < 1.29 is 4.39 Å². The minimum absolute atomic E-state index is 0.200. The van der Waals surface area contributed by atoms with E-state index >= 15 is 0 Å². The van der Waals surface area contributed by atoms with Crippen LogP contribution in [0.3, 0.4) is 0 Å². The topological polar surface area (TPSA) is 12.0 Å². The van der Waals surface area contributed by atoms with E-state index in [4.69, 9.17) is 0 Å². The van der Waals surface area contributed by atoms with Crippen LogP contribution in [0.15, 0.2) is 22.7 Å². The largest absolute Gasteiger partial charge is 0.312 e. The van der Waals surface area contributed by atoms with Crippen molar-refractivity contribution in [1.82, 2.24) is 5.32 Å². The van der Waals surface area contributed by atoms with Gasteiger partial charge in [0.2, 0.25) is 0 Å². The molecule has 0 amide bonds. The zero-order valence-corrected chi connectivity index (χ0v) is 11.7. The van der Waals surface area contributed by atoms with Crippen molar-refractivity contribution in [1.29, 1.82) is 0 Å². The molecular weight excluding hydrogens is 269 g/mol. The molecule has 0 aliphatic carbocycles. The van der Waals surface area contributed by atoms with E-state index in [0.29, 0.717) is 16.4 Å². The van der Waals surface area contributed by atoms with Gasteiger partial charge in [0, 0.05) is 13.1 Å². The first-order chi connectivity index (χ1) is 7.44. The van der Waals surface area contributed by atoms with Gasteiger partial charge in [-0.15, -0.1) is 0 Å². The van der Waals surface area contributed by atoms with Crippen LogP contribution in [0.1, 0.15) is 32.8 Å². The Morgan fingerprint density at radius 1 is 1.38 bits per heavy atom. The Morgan fingerprint density at radius 2 is 2.06 bits per heavy atom. The second kappa shape index (κ2) is 5.78. The van der Waals surface area contributed by atoms with Gasteiger partial charge in [0.25, 0.3) is 0 Å². The van der Waals surface area contributed by atoms with E-state index < -0.39 is 0 Å². The van der Waals surface area contributed by atoms with Crippen LogP contribution in [0.25, 0.3) is 0 Å². The molecule has 0 aliphatic rings. The van der Waals surface area contributed by atoms with Gasteiger partial charge in [-0.1, -0.05) is 26.8 Å². The summed E-state index contributed by atoms with van der Waals surface area (Å²) in [6, 6.07) is 5.24. The minimum atomic E-state index is -0.200. The summed E-state index contributed by atoms with van der Waals surface area (Å²) in [5.74, 6) is -0.200. The third-order valence-corrected chi connectivity index (χ3v) is 3.52. The monoisotopic (exact) mass is 287 g/mol. The number of nitrogens with one attached hydrogen (secondary N) is 1. The lowest BCUT2D eigenvalue weighted by molar-refractivity contribution is 0.327. The molecule has 90 valence electrons. The Hall–Kier alpha value is -0.410. The molecule has 0 aliphatic heterocycles. The van der Waals surface area contributed by atoms with Crippen LogP contribution in [-0.2, 0) is 6.54 Å². The highest BCUT2D eigenvalue weighted by Gasteiger charge is 2.13.